The largest absolute Gasteiger partial charge is 0.481 e. The Labute approximate surface area is 158 Å². The highest BCUT2D eigenvalue weighted by Crippen LogP contribution is 2.45. The molecule has 0 spiro atoms. The van der Waals surface area contributed by atoms with Gasteiger partial charge in [-0.2, -0.15) is 0 Å². The van der Waals surface area contributed by atoms with E-state index in [1.54, 1.807) is 0 Å². The predicted molar refractivity (Wildman–Crippen MR) is 103 cm³/mol. The van der Waals surface area contributed by atoms with Gasteiger partial charge in [-0.05, 0) is 42.6 Å². The molecule has 0 aliphatic heterocycles. The number of hydrogen-bond acceptors (Lipinski definition) is 4. The van der Waals surface area contributed by atoms with Crippen LogP contribution in [0.4, 0.5) is 5.00 Å². The molecule has 1 atom stereocenters. The van der Waals surface area contributed by atoms with Gasteiger partial charge in [-0.1, -0.05) is 27.2 Å². The fourth-order valence-electron chi connectivity index (χ4n) is 3.48. The molecular weight excluding hydrogens is 352 g/mol. The van der Waals surface area contributed by atoms with Gasteiger partial charge in [0, 0.05) is 17.7 Å². The van der Waals surface area contributed by atoms with Crippen LogP contribution in [0.5, 0.6) is 0 Å². The zero-order valence-electron chi connectivity index (χ0n) is 15.7. The Bertz CT molecular complexity index is 709. The SMILES string of the molecule is CCC(C)(C)C1CCc2c(sc(NC(=O)CCCC(=O)O)c2C(N)=O)C1. The van der Waals surface area contributed by atoms with Crippen molar-refractivity contribution in [2.75, 3.05) is 5.32 Å². The van der Waals surface area contributed by atoms with Gasteiger partial charge in [-0.25, -0.2) is 0 Å². The minimum absolute atomic E-state index is 0.0508. The van der Waals surface area contributed by atoms with Crippen molar-refractivity contribution in [3.63, 3.8) is 0 Å². The quantitative estimate of drug-likeness (QED) is 0.640. The maximum Gasteiger partial charge on any atom is 0.303 e. The molecule has 144 valence electrons. The molecule has 0 fully saturated rings. The molecule has 2 amide bonds. The Morgan fingerprint density at radius 2 is 2.00 bits per heavy atom. The fraction of sp³-hybridized carbons (Fsp3) is 0.632. The molecule has 0 saturated carbocycles. The van der Waals surface area contributed by atoms with Crippen LogP contribution in [-0.2, 0) is 22.4 Å². The summed E-state index contributed by atoms with van der Waals surface area (Å²) in [6, 6.07) is 0. The number of hydrogen-bond donors (Lipinski definition) is 3. The van der Waals surface area contributed by atoms with Crippen LogP contribution in [0.1, 0.15) is 73.7 Å². The molecule has 1 unspecified atom stereocenters. The lowest BCUT2D eigenvalue weighted by molar-refractivity contribution is -0.137. The number of nitrogens with one attached hydrogen (secondary N) is 1. The number of fused-ring (bicyclic) bond motifs is 1. The molecule has 0 saturated heterocycles. The molecule has 1 aliphatic carbocycles. The minimum atomic E-state index is -0.924. The summed E-state index contributed by atoms with van der Waals surface area (Å²) < 4.78 is 0. The molecule has 1 aromatic heterocycles. The van der Waals surface area contributed by atoms with Crippen molar-refractivity contribution in [2.45, 2.75) is 65.7 Å². The first kappa shape index (κ1) is 20.4. The Morgan fingerprint density at radius 1 is 1.31 bits per heavy atom. The number of anilines is 1. The molecule has 6 nitrogen and oxygen atoms in total. The molecule has 1 heterocycles. The second-order valence-electron chi connectivity index (χ2n) is 7.65. The number of amides is 2. The standard InChI is InChI=1S/C19H28N2O4S/c1-4-19(2,3)11-8-9-12-13(10-11)26-18(16(12)17(20)25)21-14(22)6-5-7-15(23)24/h11H,4-10H2,1-3H3,(H2,20,25)(H,21,22)(H,23,24). The maximum absolute atomic E-state index is 12.1. The summed E-state index contributed by atoms with van der Waals surface area (Å²) in [4.78, 5) is 35.8. The van der Waals surface area contributed by atoms with E-state index in [9.17, 15) is 14.4 Å². The Morgan fingerprint density at radius 3 is 2.58 bits per heavy atom. The highest BCUT2D eigenvalue weighted by atomic mass is 32.1. The maximum atomic E-state index is 12.1. The van der Waals surface area contributed by atoms with E-state index in [4.69, 9.17) is 10.8 Å². The second kappa shape index (κ2) is 8.20. The van der Waals surface area contributed by atoms with Gasteiger partial charge < -0.3 is 16.2 Å². The van der Waals surface area contributed by atoms with Crippen molar-refractivity contribution < 1.29 is 19.5 Å². The normalized spacial score (nSPS) is 16.8. The third-order valence-corrected chi connectivity index (χ3v) is 6.75. The minimum Gasteiger partial charge on any atom is -0.481 e. The van der Waals surface area contributed by atoms with E-state index in [-0.39, 0.29) is 30.6 Å². The van der Waals surface area contributed by atoms with Gasteiger partial charge in [0.25, 0.3) is 5.91 Å². The lowest BCUT2D eigenvalue weighted by Gasteiger charge is -2.36. The van der Waals surface area contributed by atoms with E-state index in [0.717, 1.165) is 36.1 Å². The van der Waals surface area contributed by atoms with Crippen LogP contribution in [0.2, 0.25) is 0 Å². The van der Waals surface area contributed by atoms with Crippen LogP contribution in [0.15, 0.2) is 0 Å². The summed E-state index contributed by atoms with van der Waals surface area (Å²) in [6.07, 6.45) is 4.13. The molecule has 1 aromatic rings. The molecular formula is C19H28N2O4S. The Kier molecular flexibility index (Phi) is 6.44. The highest BCUT2D eigenvalue weighted by molar-refractivity contribution is 7.17. The fourth-order valence-corrected chi connectivity index (χ4v) is 4.83. The first-order valence-corrected chi connectivity index (χ1v) is 9.93. The number of aliphatic carboxylic acids is 1. The van der Waals surface area contributed by atoms with E-state index < -0.39 is 11.9 Å². The summed E-state index contributed by atoms with van der Waals surface area (Å²) in [6.45, 7) is 6.74. The third-order valence-electron chi connectivity index (χ3n) is 5.58. The van der Waals surface area contributed by atoms with Gasteiger partial charge in [0.1, 0.15) is 5.00 Å². The number of rotatable bonds is 8. The lowest BCUT2D eigenvalue weighted by Crippen LogP contribution is -2.29. The van der Waals surface area contributed by atoms with E-state index in [0.29, 0.717) is 16.5 Å². The number of primary amides is 1. The zero-order valence-corrected chi connectivity index (χ0v) is 16.5. The lowest BCUT2D eigenvalue weighted by atomic mass is 9.69. The van der Waals surface area contributed by atoms with E-state index in [1.165, 1.54) is 11.3 Å². The average Bonchev–Trinajstić information content (AvgIpc) is 2.91. The van der Waals surface area contributed by atoms with E-state index in [1.807, 2.05) is 0 Å². The van der Waals surface area contributed by atoms with Gasteiger partial charge in [0.15, 0.2) is 0 Å². The number of carbonyl (C=O) groups excluding carboxylic acids is 2. The van der Waals surface area contributed by atoms with Crippen molar-refractivity contribution in [1.82, 2.24) is 0 Å². The van der Waals surface area contributed by atoms with Crippen molar-refractivity contribution in [3.8, 4) is 0 Å². The van der Waals surface area contributed by atoms with Gasteiger partial charge in [0.05, 0.1) is 5.56 Å². The number of thiophene rings is 1. The van der Waals surface area contributed by atoms with Crippen LogP contribution in [0.3, 0.4) is 0 Å². The monoisotopic (exact) mass is 380 g/mol. The van der Waals surface area contributed by atoms with Crippen LogP contribution in [0, 0.1) is 11.3 Å². The Hall–Kier alpha value is -1.89. The summed E-state index contributed by atoms with van der Waals surface area (Å²) in [5.41, 5.74) is 7.23. The third kappa shape index (κ3) is 4.63. The van der Waals surface area contributed by atoms with Gasteiger partial charge in [0.2, 0.25) is 5.91 Å². The number of carboxylic acids is 1. The van der Waals surface area contributed by atoms with E-state index in [2.05, 4.69) is 26.1 Å². The Balaban J connectivity index is 2.18. The summed E-state index contributed by atoms with van der Waals surface area (Å²) >= 11 is 1.44. The average molecular weight is 381 g/mol. The first-order valence-electron chi connectivity index (χ1n) is 9.11. The van der Waals surface area contributed by atoms with Crippen LogP contribution in [-0.4, -0.2) is 22.9 Å². The summed E-state index contributed by atoms with van der Waals surface area (Å²) in [5.74, 6) is -1.18. The van der Waals surface area contributed by atoms with Gasteiger partial charge in [-0.15, -0.1) is 11.3 Å². The number of nitrogens with two attached hydrogens (primary N) is 1. The molecule has 1 aliphatic rings. The zero-order chi connectivity index (χ0) is 19.5. The summed E-state index contributed by atoms with van der Waals surface area (Å²) in [7, 11) is 0. The molecule has 0 aromatic carbocycles. The van der Waals surface area contributed by atoms with Crippen molar-refractivity contribution in [1.29, 1.82) is 0 Å². The van der Waals surface area contributed by atoms with Crippen LogP contribution < -0.4 is 11.1 Å². The molecule has 26 heavy (non-hydrogen) atoms. The highest BCUT2D eigenvalue weighted by Gasteiger charge is 2.34. The van der Waals surface area contributed by atoms with Crippen LogP contribution in [0.25, 0.3) is 0 Å². The van der Waals surface area contributed by atoms with Gasteiger partial charge in [-0.3, -0.25) is 14.4 Å². The summed E-state index contributed by atoms with van der Waals surface area (Å²) in [5, 5.41) is 12.0. The molecule has 0 radical (unpaired) electrons. The van der Waals surface area contributed by atoms with Crippen molar-refractivity contribution in [2.24, 2.45) is 17.1 Å². The smallest absolute Gasteiger partial charge is 0.303 e. The number of carbonyl (C=O) groups is 3. The van der Waals surface area contributed by atoms with Crippen LogP contribution >= 0.6 is 11.3 Å². The molecule has 7 heteroatoms. The predicted octanol–water partition coefficient (Wildman–Crippen LogP) is 3.58. The van der Waals surface area contributed by atoms with E-state index >= 15 is 0 Å². The molecule has 2 rings (SSSR count). The van der Waals surface area contributed by atoms with Crippen molar-refractivity contribution in [3.05, 3.63) is 16.0 Å². The molecule has 4 N–H and O–H groups in total. The van der Waals surface area contributed by atoms with Gasteiger partial charge >= 0.3 is 5.97 Å². The molecule has 0 bridgehead atoms. The first-order chi connectivity index (χ1) is 12.2. The second-order valence-corrected chi connectivity index (χ2v) is 8.75. The topological polar surface area (TPSA) is 109 Å². The van der Waals surface area contributed by atoms with Crippen molar-refractivity contribution >= 4 is 34.1 Å². The number of carboxylic acid groups (broad SMARTS) is 1.